The Morgan fingerprint density at radius 3 is 2.82 bits per heavy atom. The summed E-state index contributed by atoms with van der Waals surface area (Å²) in [6.45, 7) is 0.646. The minimum Gasteiger partial charge on any atom is -0.465 e. The fourth-order valence-corrected chi connectivity index (χ4v) is 1.73. The van der Waals surface area contributed by atoms with E-state index in [1.165, 1.54) is 4.90 Å². The van der Waals surface area contributed by atoms with E-state index in [9.17, 15) is 4.79 Å². The fourth-order valence-electron chi connectivity index (χ4n) is 1.41. The van der Waals surface area contributed by atoms with Crippen LogP contribution in [0.5, 0.6) is 0 Å². The molecule has 1 atom stereocenters. The number of piperidine rings is 1. The van der Waals surface area contributed by atoms with Gasteiger partial charge >= 0.3 is 6.09 Å². The highest BCUT2D eigenvalue weighted by atomic mass is 35.5. The Kier molecular flexibility index (Phi) is 3.00. The van der Waals surface area contributed by atoms with Crippen LogP contribution in [-0.4, -0.2) is 34.6 Å². The third kappa shape index (κ3) is 1.99. The predicted octanol–water partition coefficient (Wildman–Crippen LogP) is 1.76. The number of alkyl halides is 1. The van der Waals surface area contributed by atoms with Crippen LogP contribution in [0.1, 0.15) is 19.3 Å². The Hall–Kier alpha value is -0.440. The van der Waals surface area contributed by atoms with Gasteiger partial charge in [0.2, 0.25) is 0 Å². The monoisotopic (exact) mass is 177 g/mol. The molecule has 0 aromatic heterocycles. The highest BCUT2D eigenvalue weighted by molar-refractivity contribution is 6.18. The average molecular weight is 178 g/mol. The maximum Gasteiger partial charge on any atom is 0.407 e. The Balaban J connectivity index is 2.51. The third-order valence-corrected chi connectivity index (χ3v) is 2.41. The maximum absolute atomic E-state index is 10.6. The molecule has 3 nitrogen and oxygen atoms in total. The summed E-state index contributed by atoms with van der Waals surface area (Å²) in [5.74, 6) is 0.423. The lowest BCUT2D eigenvalue weighted by Crippen LogP contribution is -2.43. The van der Waals surface area contributed by atoms with Crippen LogP contribution in [0.15, 0.2) is 0 Å². The molecule has 0 aliphatic carbocycles. The summed E-state index contributed by atoms with van der Waals surface area (Å²) >= 11 is 5.61. The molecule has 64 valence electrons. The van der Waals surface area contributed by atoms with Gasteiger partial charge in [0.25, 0.3) is 0 Å². The van der Waals surface area contributed by atoms with Crippen LogP contribution in [0.2, 0.25) is 0 Å². The summed E-state index contributed by atoms with van der Waals surface area (Å²) in [7, 11) is 0. The number of hydrogen-bond acceptors (Lipinski definition) is 1. The van der Waals surface area contributed by atoms with Crippen LogP contribution in [0.25, 0.3) is 0 Å². The molecule has 1 unspecified atom stereocenters. The molecule has 1 N–H and O–H groups in total. The average Bonchev–Trinajstić information content (AvgIpc) is 2.04. The second kappa shape index (κ2) is 3.81. The second-order valence-electron chi connectivity index (χ2n) is 2.78. The Bertz CT molecular complexity index is 151. The van der Waals surface area contributed by atoms with Gasteiger partial charge in [0.1, 0.15) is 0 Å². The van der Waals surface area contributed by atoms with Crippen molar-refractivity contribution in [1.82, 2.24) is 4.90 Å². The SMILES string of the molecule is O=C(O)N1CCCCC1CCl. The molecule has 0 radical (unpaired) electrons. The number of amides is 1. The molecule has 1 aliphatic rings. The van der Waals surface area contributed by atoms with Crippen molar-refractivity contribution in [3.63, 3.8) is 0 Å². The second-order valence-corrected chi connectivity index (χ2v) is 3.09. The first-order valence-electron chi connectivity index (χ1n) is 3.81. The van der Waals surface area contributed by atoms with Crippen molar-refractivity contribution in [2.45, 2.75) is 25.3 Å². The molecule has 4 heteroatoms. The number of carbonyl (C=O) groups is 1. The van der Waals surface area contributed by atoms with Crippen LogP contribution >= 0.6 is 11.6 Å². The molecule has 0 bridgehead atoms. The molecule has 0 spiro atoms. The molecule has 0 aromatic carbocycles. The van der Waals surface area contributed by atoms with Crippen LogP contribution in [0, 0.1) is 0 Å². The molecule has 1 heterocycles. The molecule has 1 amide bonds. The molecule has 11 heavy (non-hydrogen) atoms. The summed E-state index contributed by atoms with van der Waals surface area (Å²) in [4.78, 5) is 12.0. The normalized spacial score (nSPS) is 25.2. The Morgan fingerprint density at radius 1 is 1.64 bits per heavy atom. The van der Waals surface area contributed by atoms with Crippen molar-refractivity contribution < 1.29 is 9.90 Å². The van der Waals surface area contributed by atoms with E-state index in [1.807, 2.05) is 0 Å². The number of likely N-dealkylation sites (tertiary alicyclic amines) is 1. The van der Waals surface area contributed by atoms with E-state index in [4.69, 9.17) is 16.7 Å². The van der Waals surface area contributed by atoms with E-state index in [2.05, 4.69) is 0 Å². The van der Waals surface area contributed by atoms with Crippen LogP contribution in [-0.2, 0) is 0 Å². The minimum atomic E-state index is -0.838. The van der Waals surface area contributed by atoms with Gasteiger partial charge in [-0.05, 0) is 19.3 Å². The molecule has 1 aliphatic heterocycles. The number of carboxylic acid groups (broad SMARTS) is 1. The maximum atomic E-state index is 10.6. The fraction of sp³-hybridized carbons (Fsp3) is 0.857. The quantitative estimate of drug-likeness (QED) is 0.620. The van der Waals surface area contributed by atoms with Gasteiger partial charge in [-0.1, -0.05) is 0 Å². The summed E-state index contributed by atoms with van der Waals surface area (Å²) in [5, 5.41) is 8.71. The zero-order valence-electron chi connectivity index (χ0n) is 6.29. The third-order valence-electron chi connectivity index (χ3n) is 2.05. The van der Waals surface area contributed by atoms with E-state index in [0.29, 0.717) is 12.4 Å². The lowest BCUT2D eigenvalue weighted by Gasteiger charge is -2.31. The van der Waals surface area contributed by atoms with E-state index in [1.54, 1.807) is 0 Å². The van der Waals surface area contributed by atoms with Crippen molar-refractivity contribution >= 4 is 17.7 Å². The first kappa shape index (κ1) is 8.65. The molecule has 1 saturated heterocycles. The minimum absolute atomic E-state index is 0.0444. The number of rotatable bonds is 1. The lowest BCUT2D eigenvalue weighted by atomic mass is 10.0. The van der Waals surface area contributed by atoms with Crippen molar-refractivity contribution in [3.05, 3.63) is 0 Å². The van der Waals surface area contributed by atoms with Gasteiger partial charge in [-0.15, -0.1) is 11.6 Å². The molecular formula is C7H12ClNO2. The van der Waals surface area contributed by atoms with Crippen molar-refractivity contribution in [1.29, 1.82) is 0 Å². The number of halogens is 1. The summed E-state index contributed by atoms with van der Waals surface area (Å²) in [6.07, 6.45) is 2.15. The predicted molar refractivity (Wildman–Crippen MR) is 43.1 cm³/mol. The van der Waals surface area contributed by atoms with E-state index >= 15 is 0 Å². The number of nitrogens with zero attached hydrogens (tertiary/aromatic N) is 1. The first-order chi connectivity index (χ1) is 5.25. The highest BCUT2D eigenvalue weighted by Crippen LogP contribution is 2.17. The summed E-state index contributed by atoms with van der Waals surface area (Å²) < 4.78 is 0. The van der Waals surface area contributed by atoms with Gasteiger partial charge in [0.15, 0.2) is 0 Å². The van der Waals surface area contributed by atoms with Crippen molar-refractivity contribution in [2.24, 2.45) is 0 Å². The van der Waals surface area contributed by atoms with Gasteiger partial charge in [0, 0.05) is 18.5 Å². The number of hydrogen-bond donors (Lipinski definition) is 1. The zero-order valence-corrected chi connectivity index (χ0v) is 7.05. The van der Waals surface area contributed by atoms with Gasteiger partial charge in [-0.3, -0.25) is 0 Å². The smallest absolute Gasteiger partial charge is 0.407 e. The molecule has 0 aromatic rings. The first-order valence-corrected chi connectivity index (χ1v) is 4.34. The van der Waals surface area contributed by atoms with E-state index < -0.39 is 6.09 Å². The molecule has 0 saturated carbocycles. The van der Waals surface area contributed by atoms with Crippen LogP contribution in [0.4, 0.5) is 4.79 Å². The highest BCUT2D eigenvalue weighted by Gasteiger charge is 2.24. The van der Waals surface area contributed by atoms with Gasteiger partial charge < -0.3 is 10.0 Å². The molecular weight excluding hydrogens is 166 g/mol. The molecule has 1 rings (SSSR count). The van der Waals surface area contributed by atoms with Gasteiger partial charge in [0.05, 0.1) is 0 Å². The standard InChI is InChI=1S/C7H12ClNO2/c8-5-6-3-1-2-4-9(6)7(10)11/h6H,1-5H2,(H,10,11). The Morgan fingerprint density at radius 2 is 2.36 bits per heavy atom. The van der Waals surface area contributed by atoms with E-state index in [-0.39, 0.29) is 6.04 Å². The summed E-state index contributed by atoms with van der Waals surface area (Å²) in [5.41, 5.74) is 0. The zero-order chi connectivity index (χ0) is 8.27. The largest absolute Gasteiger partial charge is 0.465 e. The van der Waals surface area contributed by atoms with Crippen molar-refractivity contribution in [2.75, 3.05) is 12.4 Å². The van der Waals surface area contributed by atoms with Crippen LogP contribution in [0.3, 0.4) is 0 Å². The molecule has 1 fully saturated rings. The topological polar surface area (TPSA) is 40.5 Å². The van der Waals surface area contributed by atoms with Crippen LogP contribution < -0.4 is 0 Å². The summed E-state index contributed by atoms with van der Waals surface area (Å²) in [6, 6.07) is 0.0444. The lowest BCUT2D eigenvalue weighted by molar-refractivity contribution is 0.113. The van der Waals surface area contributed by atoms with Gasteiger partial charge in [-0.25, -0.2) is 4.79 Å². The Labute approximate surface area is 70.9 Å². The van der Waals surface area contributed by atoms with Crippen molar-refractivity contribution in [3.8, 4) is 0 Å². The van der Waals surface area contributed by atoms with E-state index in [0.717, 1.165) is 19.3 Å². The van der Waals surface area contributed by atoms with Gasteiger partial charge in [-0.2, -0.15) is 0 Å².